The molecule has 2 unspecified atom stereocenters. The van der Waals surface area contributed by atoms with Crippen LogP contribution in [0, 0.1) is 5.92 Å². The molecule has 0 aromatic heterocycles. The van der Waals surface area contributed by atoms with Crippen molar-refractivity contribution >= 4 is 45.5 Å². The van der Waals surface area contributed by atoms with Crippen LogP contribution in [0.5, 0.6) is 0 Å². The van der Waals surface area contributed by atoms with Crippen LogP contribution < -0.4 is 0 Å². The molecule has 7 nitrogen and oxygen atoms in total. The monoisotopic (exact) mass is 346 g/mol. The Morgan fingerprint density at radius 1 is 1.45 bits per heavy atom. The van der Waals surface area contributed by atoms with Gasteiger partial charge in [0.15, 0.2) is 0 Å². The Balaban J connectivity index is 2.45. The van der Waals surface area contributed by atoms with Crippen LogP contribution in [0.3, 0.4) is 0 Å². The number of thioether (sulfide) groups is 1. The van der Waals surface area contributed by atoms with E-state index in [4.69, 9.17) is 21.1 Å². The number of carbonyl (C=O) groups excluding carboxylic acids is 2. The molecule has 0 saturated carbocycles. The summed E-state index contributed by atoms with van der Waals surface area (Å²) in [6, 6.07) is 0. The number of carbonyl (C=O) groups is 2. The first-order valence-electron chi connectivity index (χ1n) is 6.66. The molecule has 0 bridgehead atoms. The molecule has 0 spiro atoms. The highest BCUT2D eigenvalue weighted by atomic mass is 35.5. The summed E-state index contributed by atoms with van der Waals surface area (Å²) in [4.78, 5) is 32.3. The number of hydrogen-bond donors (Lipinski definition) is 1. The third-order valence-corrected chi connectivity index (χ3v) is 4.30. The lowest BCUT2D eigenvalue weighted by molar-refractivity contribution is -0.177. The van der Waals surface area contributed by atoms with Crippen LogP contribution in [0.15, 0.2) is 21.8 Å². The smallest absolute Gasteiger partial charge is 0.362 e. The fourth-order valence-electron chi connectivity index (χ4n) is 1.98. The van der Waals surface area contributed by atoms with Gasteiger partial charge in [-0.15, -0.1) is 0 Å². The first-order valence-corrected chi connectivity index (χ1v) is 8.02. The average molecular weight is 347 g/mol. The van der Waals surface area contributed by atoms with Crippen LogP contribution in [0.1, 0.15) is 13.8 Å². The van der Waals surface area contributed by atoms with Gasteiger partial charge in [-0.3, -0.25) is 4.79 Å². The Labute approximate surface area is 136 Å². The van der Waals surface area contributed by atoms with Crippen LogP contribution in [0.25, 0.3) is 0 Å². The van der Waals surface area contributed by atoms with E-state index in [1.54, 1.807) is 13.8 Å². The zero-order valence-corrected chi connectivity index (χ0v) is 13.6. The summed E-state index contributed by atoms with van der Waals surface area (Å²) in [6.45, 7) is 3.37. The third kappa shape index (κ3) is 3.18. The Bertz CT molecular complexity index is 589. The molecule has 2 aliphatic rings. The summed E-state index contributed by atoms with van der Waals surface area (Å²) < 4.78 is 9.74. The van der Waals surface area contributed by atoms with E-state index in [9.17, 15) is 14.7 Å². The lowest BCUT2D eigenvalue weighted by Gasteiger charge is -2.32. The molecule has 0 saturated heterocycles. The number of halogens is 1. The standard InChI is InChI=1S/C13H15ClN2O5S/c1-3-20-11(17)7-5-8-10(22-6-9(14)15-8)16-13(7,19)12(18)21-4-2/h5,7,19H,3-4,6H2,1-2H3. The van der Waals surface area contributed by atoms with E-state index in [1.165, 1.54) is 17.8 Å². The summed E-state index contributed by atoms with van der Waals surface area (Å²) in [5.74, 6) is -2.75. The van der Waals surface area contributed by atoms with E-state index < -0.39 is 23.6 Å². The van der Waals surface area contributed by atoms with Crippen molar-refractivity contribution in [1.82, 2.24) is 0 Å². The number of aliphatic imine (C=N–C) groups is 2. The van der Waals surface area contributed by atoms with Crippen molar-refractivity contribution < 1.29 is 24.2 Å². The second-order valence-corrected chi connectivity index (χ2v) is 5.82. The number of fused-ring (bicyclic) bond motifs is 1. The molecule has 0 radical (unpaired) electrons. The van der Waals surface area contributed by atoms with Crippen LogP contribution in [0.2, 0.25) is 0 Å². The normalized spacial score (nSPS) is 27.1. The number of nitrogens with zero attached hydrogens (tertiary/aromatic N) is 2. The molecule has 0 aromatic rings. The third-order valence-electron chi connectivity index (χ3n) is 2.94. The molecule has 0 fully saturated rings. The van der Waals surface area contributed by atoms with Crippen LogP contribution in [-0.4, -0.2) is 52.0 Å². The maximum Gasteiger partial charge on any atom is 0.362 e. The van der Waals surface area contributed by atoms with E-state index in [2.05, 4.69) is 9.98 Å². The average Bonchev–Trinajstić information content (AvgIpc) is 2.47. The molecule has 0 aliphatic carbocycles. The van der Waals surface area contributed by atoms with Crippen molar-refractivity contribution in [2.24, 2.45) is 15.9 Å². The van der Waals surface area contributed by atoms with Gasteiger partial charge in [0.2, 0.25) is 0 Å². The van der Waals surface area contributed by atoms with Gasteiger partial charge in [-0.2, -0.15) is 0 Å². The predicted molar refractivity (Wildman–Crippen MR) is 83.0 cm³/mol. The molecule has 120 valence electrons. The van der Waals surface area contributed by atoms with E-state index in [0.29, 0.717) is 21.7 Å². The summed E-state index contributed by atoms with van der Waals surface area (Å²) >= 11 is 7.09. The van der Waals surface area contributed by atoms with Gasteiger partial charge in [0.05, 0.1) is 24.7 Å². The van der Waals surface area contributed by atoms with Gasteiger partial charge in [-0.25, -0.2) is 14.8 Å². The largest absolute Gasteiger partial charge is 0.465 e. The maximum atomic E-state index is 12.1. The molecule has 22 heavy (non-hydrogen) atoms. The van der Waals surface area contributed by atoms with Crippen molar-refractivity contribution in [1.29, 1.82) is 0 Å². The fourth-order valence-corrected chi connectivity index (χ4v) is 3.02. The van der Waals surface area contributed by atoms with E-state index >= 15 is 0 Å². The molecule has 2 rings (SSSR count). The van der Waals surface area contributed by atoms with Crippen molar-refractivity contribution in [2.75, 3.05) is 19.0 Å². The molecule has 2 atom stereocenters. The Kier molecular flexibility index (Phi) is 5.25. The van der Waals surface area contributed by atoms with Gasteiger partial charge in [0.1, 0.15) is 16.1 Å². The highest BCUT2D eigenvalue weighted by Crippen LogP contribution is 2.35. The number of esters is 2. The number of hydrogen-bond acceptors (Lipinski definition) is 8. The number of rotatable bonds is 4. The Morgan fingerprint density at radius 2 is 2.14 bits per heavy atom. The first kappa shape index (κ1) is 17.0. The van der Waals surface area contributed by atoms with E-state index in [0.717, 1.165) is 0 Å². The van der Waals surface area contributed by atoms with Crippen LogP contribution in [0.4, 0.5) is 0 Å². The highest BCUT2D eigenvalue weighted by molar-refractivity contribution is 8.15. The lowest BCUT2D eigenvalue weighted by Crippen LogP contribution is -2.51. The molecule has 1 N–H and O–H groups in total. The van der Waals surface area contributed by atoms with Gasteiger partial charge in [0, 0.05) is 0 Å². The molecule has 9 heteroatoms. The molecule has 0 aromatic carbocycles. The maximum absolute atomic E-state index is 12.1. The van der Waals surface area contributed by atoms with Gasteiger partial charge in [-0.1, -0.05) is 23.4 Å². The van der Waals surface area contributed by atoms with Gasteiger partial charge >= 0.3 is 11.9 Å². The van der Waals surface area contributed by atoms with Gasteiger partial charge in [-0.05, 0) is 19.9 Å². The van der Waals surface area contributed by atoms with Gasteiger partial charge < -0.3 is 14.6 Å². The van der Waals surface area contributed by atoms with Gasteiger partial charge in [0.25, 0.3) is 5.72 Å². The second-order valence-electron chi connectivity index (χ2n) is 4.42. The zero-order chi connectivity index (χ0) is 16.3. The van der Waals surface area contributed by atoms with Crippen molar-refractivity contribution in [3.05, 3.63) is 11.8 Å². The van der Waals surface area contributed by atoms with Crippen LogP contribution >= 0.6 is 23.4 Å². The predicted octanol–water partition coefficient (Wildman–Crippen LogP) is 1.10. The van der Waals surface area contributed by atoms with E-state index in [1.807, 2.05) is 0 Å². The first-order chi connectivity index (χ1) is 10.4. The summed E-state index contributed by atoms with van der Waals surface area (Å²) in [5.41, 5.74) is -2.01. The number of dihydropyridines is 1. The fraction of sp³-hybridized carbons (Fsp3) is 0.538. The van der Waals surface area contributed by atoms with Crippen molar-refractivity contribution in [3.63, 3.8) is 0 Å². The second kappa shape index (κ2) is 6.80. The molecular weight excluding hydrogens is 332 g/mol. The quantitative estimate of drug-likeness (QED) is 0.765. The molecule has 2 aliphatic heterocycles. The molecule has 2 heterocycles. The van der Waals surface area contributed by atoms with Crippen LogP contribution in [-0.2, 0) is 19.1 Å². The molecule has 0 amide bonds. The SMILES string of the molecule is CCOC(=O)C1C=C2N=C(Cl)CSC2=NC1(O)C(=O)OCC. The lowest BCUT2D eigenvalue weighted by atomic mass is 9.92. The van der Waals surface area contributed by atoms with Crippen molar-refractivity contribution in [3.8, 4) is 0 Å². The minimum Gasteiger partial charge on any atom is -0.465 e. The highest BCUT2D eigenvalue weighted by Gasteiger charge is 2.52. The Morgan fingerprint density at radius 3 is 2.77 bits per heavy atom. The summed E-state index contributed by atoms with van der Waals surface area (Å²) in [7, 11) is 0. The van der Waals surface area contributed by atoms with E-state index in [-0.39, 0.29) is 13.2 Å². The Hall–Kier alpha value is -1.38. The molecular formula is C13H15ClN2O5S. The van der Waals surface area contributed by atoms with Crippen molar-refractivity contribution in [2.45, 2.75) is 19.6 Å². The minimum absolute atomic E-state index is 0.0508. The summed E-state index contributed by atoms with van der Waals surface area (Å²) in [5, 5.41) is 11.3. The topological polar surface area (TPSA) is 97.5 Å². The summed E-state index contributed by atoms with van der Waals surface area (Å²) in [6.07, 6.45) is 1.34. The zero-order valence-electron chi connectivity index (χ0n) is 12.0. The minimum atomic E-state index is -2.35. The number of ether oxygens (including phenoxy) is 2. The number of aliphatic hydroxyl groups is 1.